The van der Waals surface area contributed by atoms with Gasteiger partial charge in [-0.05, 0) is 75.6 Å². The highest BCUT2D eigenvalue weighted by Crippen LogP contribution is 2.30. The van der Waals surface area contributed by atoms with Crippen molar-refractivity contribution in [3.05, 3.63) is 34.9 Å². The van der Waals surface area contributed by atoms with Crippen LogP contribution >= 0.6 is 11.6 Å². The molecule has 2 aromatic rings. The summed E-state index contributed by atoms with van der Waals surface area (Å²) in [5, 5.41) is 12.5. The van der Waals surface area contributed by atoms with Crippen molar-refractivity contribution < 1.29 is 9.90 Å². The van der Waals surface area contributed by atoms with Crippen molar-refractivity contribution in [2.45, 2.75) is 79.2 Å². The van der Waals surface area contributed by atoms with E-state index in [1.54, 1.807) is 19.9 Å². The second-order valence-electron chi connectivity index (χ2n) is 9.29. The van der Waals surface area contributed by atoms with Crippen LogP contribution in [0.25, 0.3) is 10.9 Å². The molecule has 0 spiro atoms. The van der Waals surface area contributed by atoms with E-state index in [1.165, 1.54) is 38.5 Å². The van der Waals surface area contributed by atoms with E-state index in [4.69, 9.17) is 21.7 Å². The molecule has 0 radical (unpaired) electrons. The first-order valence-corrected chi connectivity index (χ1v) is 13.0. The Morgan fingerprint density at radius 1 is 1.15 bits per heavy atom. The number of halogens is 1. The summed E-state index contributed by atoms with van der Waals surface area (Å²) in [6, 6.07) is 7.72. The highest BCUT2D eigenvalue weighted by atomic mass is 35.5. The number of pyridine rings is 1. The molecule has 5 nitrogen and oxygen atoms in total. The van der Waals surface area contributed by atoms with E-state index in [0.717, 1.165) is 42.3 Å². The number of fused-ring (bicyclic) bond motifs is 1. The average molecular weight is 476 g/mol. The molecule has 1 aliphatic carbocycles. The summed E-state index contributed by atoms with van der Waals surface area (Å²) in [6.07, 6.45) is 7.24. The second-order valence-corrected chi connectivity index (χ2v) is 9.70. The van der Waals surface area contributed by atoms with Crippen LogP contribution in [-0.4, -0.2) is 41.7 Å². The lowest BCUT2D eigenvalue weighted by molar-refractivity contribution is 0.0942. The Bertz CT molecular complexity index is 878. The molecule has 1 saturated carbocycles. The first kappa shape index (κ1) is 27.4. The summed E-state index contributed by atoms with van der Waals surface area (Å²) in [5.74, 6) is 2.24. The highest BCUT2D eigenvalue weighted by molar-refractivity contribution is 6.35. The van der Waals surface area contributed by atoms with E-state index in [1.807, 2.05) is 32.0 Å². The predicted molar refractivity (Wildman–Crippen MR) is 140 cm³/mol. The first-order valence-electron chi connectivity index (χ1n) is 12.7. The molecule has 2 unspecified atom stereocenters. The smallest absolute Gasteiger partial charge is 0.253 e. The van der Waals surface area contributed by atoms with E-state index in [9.17, 15) is 4.79 Å². The Morgan fingerprint density at radius 2 is 1.82 bits per heavy atom. The second kappa shape index (κ2) is 13.8. The maximum absolute atomic E-state index is 12.9. The fourth-order valence-corrected chi connectivity index (χ4v) is 4.84. The monoisotopic (exact) mass is 475 g/mol. The van der Waals surface area contributed by atoms with E-state index in [2.05, 4.69) is 17.1 Å². The summed E-state index contributed by atoms with van der Waals surface area (Å²) >= 11 is 6.41. The molecule has 33 heavy (non-hydrogen) atoms. The van der Waals surface area contributed by atoms with Gasteiger partial charge < -0.3 is 15.3 Å². The van der Waals surface area contributed by atoms with Crippen molar-refractivity contribution in [2.24, 2.45) is 11.8 Å². The number of benzene rings is 1. The molecular weight excluding hydrogens is 434 g/mol. The Hall–Kier alpha value is -1.85. The molecule has 0 bridgehead atoms. The standard InChI is InChI=1S/C22H28ClN3O.C3H8O.C2H6/c1-15-5-4-6-16(13-15)14-24-22(27)21-17-7-10-20(26-11-2-3-12-26)25-19(17)9-8-18(21)23;1-3(2)4;1-2/h7-10,15-16H,2-6,11-14H2,1H3,(H,24,27);3-4H,1-2H3;1-2H3. The van der Waals surface area contributed by atoms with Gasteiger partial charge in [0.05, 0.1) is 16.1 Å². The minimum atomic E-state index is -0.167. The molecule has 1 aromatic heterocycles. The maximum Gasteiger partial charge on any atom is 0.253 e. The molecule has 2 atom stereocenters. The van der Waals surface area contributed by atoms with Crippen LogP contribution in [-0.2, 0) is 0 Å². The Balaban J connectivity index is 0.000000582. The van der Waals surface area contributed by atoms with Crippen molar-refractivity contribution in [3.8, 4) is 0 Å². The quantitative estimate of drug-likeness (QED) is 0.532. The molecule has 184 valence electrons. The lowest BCUT2D eigenvalue weighted by atomic mass is 9.82. The van der Waals surface area contributed by atoms with Gasteiger partial charge in [-0.25, -0.2) is 4.98 Å². The molecule has 1 amide bonds. The van der Waals surface area contributed by atoms with Crippen LogP contribution in [0.5, 0.6) is 0 Å². The summed E-state index contributed by atoms with van der Waals surface area (Å²) in [7, 11) is 0. The predicted octanol–water partition coefficient (Wildman–Crippen LogP) is 6.46. The number of amides is 1. The van der Waals surface area contributed by atoms with Crippen LogP contribution in [0, 0.1) is 11.8 Å². The van der Waals surface area contributed by atoms with Gasteiger partial charge in [0.15, 0.2) is 0 Å². The molecule has 1 aliphatic heterocycles. The minimum Gasteiger partial charge on any atom is -0.394 e. The Labute approximate surface area is 204 Å². The number of nitrogens with zero attached hydrogens (tertiary/aromatic N) is 2. The fourth-order valence-electron chi connectivity index (χ4n) is 4.59. The van der Waals surface area contributed by atoms with Gasteiger partial charge in [0.25, 0.3) is 5.91 Å². The van der Waals surface area contributed by atoms with E-state index < -0.39 is 0 Å². The third-order valence-corrected chi connectivity index (χ3v) is 6.37. The van der Waals surface area contributed by atoms with Crippen LogP contribution in [0.1, 0.15) is 83.5 Å². The lowest BCUT2D eigenvalue weighted by Gasteiger charge is -2.26. The zero-order valence-electron chi connectivity index (χ0n) is 21.0. The average Bonchev–Trinajstić information content (AvgIpc) is 3.33. The first-order chi connectivity index (χ1) is 15.8. The summed E-state index contributed by atoms with van der Waals surface area (Å²) < 4.78 is 0. The number of hydrogen-bond acceptors (Lipinski definition) is 4. The number of hydrogen-bond donors (Lipinski definition) is 2. The molecule has 4 rings (SSSR count). The Kier molecular flexibility index (Phi) is 11.4. The number of carbonyl (C=O) groups is 1. The summed E-state index contributed by atoms with van der Waals surface area (Å²) in [5.41, 5.74) is 1.39. The Morgan fingerprint density at radius 3 is 2.45 bits per heavy atom. The van der Waals surface area contributed by atoms with Crippen LogP contribution in [0.2, 0.25) is 5.02 Å². The van der Waals surface area contributed by atoms with Crippen molar-refractivity contribution in [3.63, 3.8) is 0 Å². The summed E-state index contributed by atoms with van der Waals surface area (Å²) in [6.45, 7) is 12.6. The van der Waals surface area contributed by atoms with Crippen molar-refractivity contribution in [1.29, 1.82) is 0 Å². The van der Waals surface area contributed by atoms with Crippen LogP contribution < -0.4 is 10.2 Å². The number of carbonyl (C=O) groups excluding carboxylic acids is 1. The molecule has 1 aromatic carbocycles. The van der Waals surface area contributed by atoms with Crippen LogP contribution in [0.15, 0.2) is 24.3 Å². The SMILES string of the molecule is CC.CC(C)O.CC1CCCC(CNC(=O)c2c(Cl)ccc3nc(N4CCCC4)ccc23)C1. The zero-order chi connectivity index (χ0) is 24.4. The van der Waals surface area contributed by atoms with Crippen LogP contribution in [0.4, 0.5) is 5.82 Å². The van der Waals surface area contributed by atoms with Gasteiger partial charge in [-0.3, -0.25) is 4.79 Å². The molecule has 6 heteroatoms. The van der Waals surface area contributed by atoms with E-state index in [0.29, 0.717) is 16.5 Å². The van der Waals surface area contributed by atoms with Crippen molar-refractivity contribution in [2.75, 3.05) is 24.5 Å². The number of aliphatic hydroxyl groups excluding tert-OH is 1. The lowest BCUT2D eigenvalue weighted by Crippen LogP contribution is -2.31. The zero-order valence-corrected chi connectivity index (χ0v) is 21.8. The summed E-state index contributed by atoms with van der Waals surface area (Å²) in [4.78, 5) is 20.0. The highest BCUT2D eigenvalue weighted by Gasteiger charge is 2.22. The van der Waals surface area contributed by atoms with Crippen molar-refractivity contribution in [1.82, 2.24) is 10.3 Å². The number of aliphatic hydroxyl groups is 1. The third-order valence-electron chi connectivity index (χ3n) is 6.06. The molecule has 2 heterocycles. The maximum atomic E-state index is 12.9. The molecule has 2 N–H and O–H groups in total. The fraction of sp³-hybridized carbons (Fsp3) is 0.630. The molecular formula is C27H42ClN3O2. The number of anilines is 1. The normalized spacial score (nSPS) is 20.1. The van der Waals surface area contributed by atoms with Crippen LogP contribution in [0.3, 0.4) is 0 Å². The van der Waals surface area contributed by atoms with Crippen molar-refractivity contribution >= 4 is 34.2 Å². The number of nitrogens with one attached hydrogen (secondary N) is 1. The van der Waals surface area contributed by atoms with E-state index in [-0.39, 0.29) is 12.0 Å². The molecule has 2 aliphatic rings. The van der Waals surface area contributed by atoms with Gasteiger partial charge in [0, 0.05) is 31.1 Å². The molecule has 2 fully saturated rings. The topological polar surface area (TPSA) is 65.5 Å². The number of aromatic nitrogens is 1. The van der Waals surface area contributed by atoms with Gasteiger partial charge in [0.2, 0.25) is 0 Å². The van der Waals surface area contributed by atoms with Gasteiger partial charge in [0.1, 0.15) is 5.82 Å². The largest absolute Gasteiger partial charge is 0.394 e. The van der Waals surface area contributed by atoms with E-state index >= 15 is 0 Å². The van der Waals surface area contributed by atoms with Gasteiger partial charge in [-0.2, -0.15) is 0 Å². The minimum absolute atomic E-state index is 0.0838. The van der Waals surface area contributed by atoms with Gasteiger partial charge in [-0.15, -0.1) is 0 Å². The number of rotatable bonds is 4. The van der Waals surface area contributed by atoms with Gasteiger partial charge >= 0.3 is 0 Å². The third kappa shape index (κ3) is 8.15. The molecule has 1 saturated heterocycles. The van der Waals surface area contributed by atoms with Gasteiger partial charge in [-0.1, -0.05) is 45.2 Å².